The van der Waals surface area contributed by atoms with E-state index in [4.69, 9.17) is 10.5 Å². The number of nitrogens with two attached hydrogens (primary N) is 1. The number of rotatable bonds is 7. The van der Waals surface area contributed by atoms with Gasteiger partial charge in [0.05, 0.1) is 12.8 Å². The molecule has 108 valence electrons. The summed E-state index contributed by atoms with van der Waals surface area (Å²) < 4.78 is 54.1. The minimum Gasteiger partial charge on any atom is -0.497 e. The van der Waals surface area contributed by atoms with Crippen molar-refractivity contribution in [2.45, 2.75) is 12.2 Å². The van der Waals surface area contributed by atoms with Crippen molar-refractivity contribution in [1.29, 1.82) is 0 Å². The van der Waals surface area contributed by atoms with Crippen molar-refractivity contribution in [3.8, 4) is 5.75 Å². The Balaban J connectivity index is 3.08. The van der Waals surface area contributed by atoms with Crippen molar-refractivity contribution in [2.75, 3.05) is 24.5 Å². The zero-order valence-corrected chi connectivity index (χ0v) is 11.2. The highest BCUT2D eigenvalue weighted by Gasteiger charge is 2.31. The molecule has 1 aromatic rings. The summed E-state index contributed by atoms with van der Waals surface area (Å²) in [4.78, 5) is 0. The molecule has 0 bridgehead atoms. The predicted molar refractivity (Wildman–Crippen MR) is 68.9 cm³/mol. The van der Waals surface area contributed by atoms with Crippen LogP contribution < -0.4 is 14.8 Å². The van der Waals surface area contributed by atoms with E-state index in [2.05, 4.69) is 0 Å². The van der Waals surface area contributed by atoms with Gasteiger partial charge in [-0.1, -0.05) is 0 Å². The van der Waals surface area contributed by atoms with Crippen molar-refractivity contribution in [1.82, 2.24) is 0 Å². The molecule has 0 amide bonds. The van der Waals surface area contributed by atoms with Gasteiger partial charge in [-0.25, -0.2) is 8.42 Å². The molecule has 0 saturated heterocycles. The van der Waals surface area contributed by atoms with Crippen molar-refractivity contribution in [2.24, 2.45) is 5.73 Å². The van der Waals surface area contributed by atoms with Gasteiger partial charge in [0, 0.05) is 6.54 Å². The molecule has 0 atom stereocenters. The molecule has 0 spiro atoms. The number of alkyl halides is 2. The molecule has 0 saturated carbocycles. The van der Waals surface area contributed by atoms with Crippen LogP contribution in [0.2, 0.25) is 0 Å². The maximum absolute atomic E-state index is 12.6. The normalized spacial score (nSPS) is 11.6. The number of hydrogen-bond donors (Lipinski definition) is 1. The van der Waals surface area contributed by atoms with Gasteiger partial charge in [0.15, 0.2) is 0 Å². The quantitative estimate of drug-likeness (QED) is 0.825. The Labute approximate surface area is 111 Å². The Morgan fingerprint density at radius 1 is 1.32 bits per heavy atom. The van der Waals surface area contributed by atoms with E-state index in [1.54, 1.807) is 0 Å². The van der Waals surface area contributed by atoms with E-state index in [0.29, 0.717) is 10.1 Å². The van der Waals surface area contributed by atoms with E-state index in [0.717, 1.165) is 0 Å². The second-order valence-electron chi connectivity index (χ2n) is 3.72. The third-order valence-corrected chi connectivity index (χ3v) is 3.92. The Kier molecular flexibility index (Phi) is 5.49. The monoisotopic (exact) mass is 294 g/mol. The van der Waals surface area contributed by atoms with Crippen LogP contribution in [-0.2, 0) is 10.0 Å². The van der Waals surface area contributed by atoms with Crippen molar-refractivity contribution in [3.63, 3.8) is 0 Å². The molecule has 0 fully saturated rings. The first kappa shape index (κ1) is 15.6. The highest BCUT2D eigenvalue weighted by molar-refractivity contribution is 7.93. The van der Waals surface area contributed by atoms with Gasteiger partial charge < -0.3 is 10.5 Å². The summed E-state index contributed by atoms with van der Waals surface area (Å²) in [6.07, 6.45) is 0.290. The van der Waals surface area contributed by atoms with Gasteiger partial charge in [0.2, 0.25) is 0 Å². The molecule has 0 aliphatic heterocycles. The largest absolute Gasteiger partial charge is 0.497 e. The number of ether oxygens (including phenoxy) is 1. The second-order valence-corrected chi connectivity index (χ2v) is 5.55. The van der Waals surface area contributed by atoms with Gasteiger partial charge in [-0.2, -0.15) is 8.78 Å². The molecule has 1 rings (SSSR count). The van der Waals surface area contributed by atoms with Gasteiger partial charge in [-0.3, -0.25) is 4.31 Å². The van der Waals surface area contributed by atoms with Crippen LogP contribution in [0.25, 0.3) is 0 Å². The minimum absolute atomic E-state index is 0.0878. The number of sulfonamides is 1. The molecule has 0 radical (unpaired) electrons. The number of anilines is 1. The predicted octanol–water partition coefficient (Wildman–Crippen LogP) is 1.40. The summed E-state index contributed by atoms with van der Waals surface area (Å²) in [5, 5.41) is 0. The van der Waals surface area contributed by atoms with Crippen molar-refractivity contribution in [3.05, 3.63) is 24.3 Å². The minimum atomic E-state index is -4.68. The second kappa shape index (κ2) is 6.67. The van der Waals surface area contributed by atoms with E-state index < -0.39 is 15.8 Å². The van der Waals surface area contributed by atoms with Crippen LogP contribution in [0, 0.1) is 0 Å². The number of nitrogens with zero attached hydrogens (tertiary/aromatic N) is 1. The maximum atomic E-state index is 12.6. The summed E-state index contributed by atoms with van der Waals surface area (Å²) >= 11 is 0. The first-order chi connectivity index (χ1) is 8.93. The van der Waals surface area contributed by atoms with Crippen LogP contribution >= 0.6 is 0 Å². The van der Waals surface area contributed by atoms with Gasteiger partial charge in [0.25, 0.3) is 10.0 Å². The topological polar surface area (TPSA) is 72.6 Å². The van der Waals surface area contributed by atoms with E-state index in [1.807, 2.05) is 0 Å². The van der Waals surface area contributed by atoms with Gasteiger partial charge in [0.1, 0.15) is 5.75 Å². The van der Waals surface area contributed by atoms with E-state index in [9.17, 15) is 17.2 Å². The number of methoxy groups -OCH3 is 1. The molecule has 0 aliphatic carbocycles. The van der Waals surface area contributed by atoms with Gasteiger partial charge in [-0.05, 0) is 37.2 Å². The highest BCUT2D eigenvalue weighted by atomic mass is 32.2. The molecule has 1 aromatic carbocycles. The fourth-order valence-electron chi connectivity index (χ4n) is 1.48. The molecule has 5 nitrogen and oxygen atoms in total. The SMILES string of the molecule is COc1ccc(N(CCCN)S(=O)(=O)C(F)F)cc1. The summed E-state index contributed by atoms with van der Waals surface area (Å²) in [7, 11) is -3.22. The van der Waals surface area contributed by atoms with E-state index in [-0.39, 0.29) is 25.2 Å². The first-order valence-electron chi connectivity index (χ1n) is 5.57. The standard InChI is InChI=1S/C11H16F2N2O3S/c1-18-10-5-3-9(4-6-10)15(8-2-7-14)19(16,17)11(12)13/h3-6,11H,2,7-8,14H2,1H3. The molecular formula is C11H16F2N2O3S. The van der Waals surface area contributed by atoms with Crippen molar-refractivity contribution >= 4 is 15.7 Å². The first-order valence-corrected chi connectivity index (χ1v) is 7.07. The lowest BCUT2D eigenvalue weighted by molar-refractivity contribution is 0.234. The Morgan fingerprint density at radius 2 is 1.89 bits per heavy atom. The van der Waals surface area contributed by atoms with E-state index >= 15 is 0 Å². The van der Waals surface area contributed by atoms with Crippen LogP contribution in [0.1, 0.15) is 6.42 Å². The number of benzene rings is 1. The van der Waals surface area contributed by atoms with Crippen LogP contribution in [0.15, 0.2) is 24.3 Å². The third kappa shape index (κ3) is 3.77. The van der Waals surface area contributed by atoms with Crippen LogP contribution in [0.3, 0.4) is 0 Å². The Bertz CT molecular complexity index is 491. The molecule has 2 N–H and O–H groups in total. The van der Waals surface area contributed by atoms with Gasteiger partial charge >= 0.3 is 5.76 Å². The molecule has 19 heavy (non-hydrogen) atoms. The lowest BCUT2D eigenvalue weighted by Crippen LogP contribution is -2.37. The fourth-order valence-corrected chi connectivity index (χ4v) is 2.47. The smallest absolute Gasteiger partial charge is 0.355 e. The molecule has 0 heterocycles. The lowest BCUT2D eigenvalue weighted by Gasteiger charge is -2.23. The van der Waals surface area contributed by atoms with Crippen molar-refractivity contribution < 1.29 is 21.9 Å². The zero-order chi connectivity index (χ0) is 14.5. The number of halogens is 2. The summed E-state index contributed by atoms with van der Waals surface area (Å²) in [6, 6.07) is 5.84. The molecule has 0 aliphatic rings. The highest BCUT2D eigenvalue weighted by Crippen LogP contribution is 2.24. The van der Waals surface area contributed by atoms with E-state index in [1.165, 1.54) is 31.4 Å². The Hall–Kier alpha value is -1.41. The maximum Gasteiger partial charge on any atom is 0.355 e. The molecular weight excluding hydrogens is 278 g/mol. The molecule has 8 heteroatoms. The lowest BCUT2D eigenvalue weighted by atomic mass is 10.3. The summed E-state index contributed by atoms with van der Waals surface area (Å²) in [6.45, 7) is 0.126. The summed E-state index contributed by atoms with van der Waals surface area (Å²) in [5.74, 6) is -2.95. The molecule has 0 aromatic heterocycles. The Morgan fingerprint density at radius 3 is 2.32 bits per heavy atom. The third-order valence-electron chi connectivity index (χ3n) is 2.46. The zero-order valence-electron chi connectivity index (χ0n) is 10.4. The van der Waals surface area contributed by atoms with Crippen LogP contribution in [0.4, 0.5) is 14.5 Å². The average molecular weight is 294 g/mol. The molecule has 0 unspecified atom stereocenters. The number of hydrogen-bond acceptors (Lipinski definition) is 4. The average Bonchev–Trinajstić information content (AvgIpc) is 2.39. The van der Waals surface area contributed by atoms with Crippen LogP contribution in [0.5, 0.6) is 5.75 Å². The van der Waals surface area contributed by atoms with Gasteiger partial charge in [-0.15, -0.1) is 0 Å². The fraction of sp³-hybridized carbons (Fsp3) is 0.455. The van der Waals surface area contributed by atoms with Crippen LogP contribution in [-0.4, -0.2) is 34.4 Å². The summed E-state index contributed by atoms with van der Waals surface area (Å²) in [5.41, 5.74) is 5.45.